The van der Waals surface area contributed by atoms with Crippen molar-refractivity contribution in [2.75, 3.05) is 0 Å². The topological polar surface area (TPSA) is 72.2 Å². The molecule has 1 aromatic rings. The number of hydrogen-bond donors (Lipinski definition) is 1. The number of hydrogen-bond acceptors (Lipinski definition) is 4. The first-order valence-electron chi connectivity index (χ1n) is 5.56. The lowest BCUT2D eigenvalue weighted by Gasteiger charge is -2.16. The number of aromatic nitrogens is 1. The van der Waals surface area contributed by atoms with Gasteiger partial charge in [0.25, 0.3) is 5.91 Å². The van der Waals surface area contributed by atoms with E-state index in [4.69, 9.17) is 9.32 Å². The molecule has 1 rings (SSSR count). The normalized spacial score (nSPS) is 11.4. The summed E-state index contributed by atoms with van der Waals surface area (Å²) in [6.07, 6.45) is 0.750. The molecule has 5 heteroatoms. The van der Waals surface area contributed by atoms with Crippen LogP contribution in [0.4, 0.5) is 0 Å². The molecule has 5 nitrogen and oxygen atoms in total. The average Bonchev–Trinajstić information content (AvgIpc) is 2.65. The maximum absolute atomic E-state index is 11.5. The van der Waals surface area contributed by atoms with E-state index in [-0.39, 0.29) is 11.9 Å². The zero-order valence-corrected chi connectivity index (χ0v) is 11.0. The van der Waals surface area contributed by atoms with Crippen molar-refractivity contribution in [1.82, 2.24) is 10.5 Å². The van der Waals surface area contributed by atoms with Crippen molar-refractivity contribution >= 4 is 12.2 Å². The summed E-state index contributed by atoms with van der Waals surface area (Å²) >= 11 is 0. The molecule has 0 aliphatic heterocycles. The van der Waals surface area contributed by atoms with Gasteiger partial charge in [-0.1, -0.05) is 19.0 Å². The van der Waals surface area contributed by atoms with Crippen LogP contribution in [0.2, 0.25) is 0 Å². The lowest BCUT2D eigenvalue weighted by atomic mass is 10.1. The molecule has 0 aromatic carbocycles. The average molecular weight is 240 g/mol. The minimum atomic E-state index is -0.178. The third-order valence-corrected chi connectivity index (χ3v) is 2.22. The molecule has 0 spiro atoms. The molecule has 1 aromatic heterocycles. The third-order valence-electron chi connectivity index (χ3n) is 2.22. The Morgan fingerprint density at radius 2 is 2.00 bits per heavy atom. The fraction of sp³-hybridized carbons (Fsp3) is 0.583. The Bertz CT molecular complexity index is 358. The summed E-state index contributed by atoms with van der Waals surface area (Å²) in [5.74, 6) is 0.877. The highest BCUT2D eigenvalue weighted by molar-refractivity contribution is 5.92. The molecule has 17 heavy (non-hydrogen) atoms. The fourth-order valence-electron chi connectivity index (χ4n) is 0.921. The van der Waals surface area contributed by atoms with Crippen LogP contribution in [0.25, 0.3) is 0 Å². The number of nitrogens with one attached hydrogen (secondary N) is 1. The van der Waals surface area contributed by atoms with Gasteiger partial charge in [0.05, 0.1) is 0 Å². The monoisotopic (exact) mass is 240 g/mol. The lowest BCUT2D eigenvalue weighted by molar-refractivity contribution is -0.106. The van der Waals surface area contributed by atoms with Gasteiger partial charge in [-0.2, -0.15) is 0 Å². The molecule has 1 N–H and O–H groups in total. The summed E-state index contributed by atoms with van der Waals surface area (Å²) in [5, 5.41) is 6.49. The van der Waals surface area contributed by atoms with E-state index < -0.39 is 0 Å². The van der Waals surface area contributed by atoms with E-state index in [0.29, 0.717) is 17.4 Å². The van der Waals surface area contributed by atoms with E-state index >= 15 is 0 Å². The van der Waals surface area contributed by atoms with Crippen molar-refractivity contribution in [2.24, 2.45) is 5.92 Å². The van der Waals surface area contributed by atoms with Crippen molar-refractivity contribution in [3.63, 3.8) is 0 Å². The van der Waals surface area contributed by atoms with Crippen LogP contribution in [-0.2, 0) is 4.79 Å². The number of aldehydes is 1. The molecule has 0 aliphatic rings. The van der Waals surface area contributed by atoms with Gasteiger partial charge in [-0.3, -0.25) is 4.79 Å². The van der Waals surface area contributed by atoms with E-state index in [1.807, 2.05) is 6.92 Å². The van der Waals surface area contributed by atoms with Gasteiger partial charge in [0.1, 0.15) is 12.0 Å². The first-order chi connectivity index (χ1) is 7.92. The van der Waals surface area contributed by atoms with Gasteiger partial charge in [-0.05, 0) is 26.7 Å². The molecule has 1 heterocycles. The van der Waals surface area contributed by atoms with Crippen LogP contribution >= 0.6 is 0 Å². The number of carbonyl (C=O) groups excluding carboxylic acids is 2. The van der Waals surface area contributed by atoms with Crippen molar-refractivity contribution in [1.29, 1.82) is 0 Å². The summed E-state index contributed by atoms with van der Waals surface area (Å²) in [4.78, 5) is 20.3. The van der Waals surface area contributed by atoms with E-state index in [0.717, 1.165) is 6.29 Å². The van der Waals surface area contributed by atoms with Crippen LogP contribution in [0.15, 0.2) is 10.6 Å². The van der Waals surface area contributed by atoms with Crippen LogP contribution in [0.1, 0.15) is 43.9 Å². The van der Waals surface area contributed by atoms with E-state index in [1.165, 1.54) is 6.92 Å². The van der Waals surface area contributed by atoms with Gasteiger partial charge in [0.15, 0.2) is 5.69 Å². The van der Waals surface area contributed by atoms with Gasteiger partial charge in [-0.25, -0.2) is 0 Å². The number of carbonyl (C=O) groups is 2. The van der Waals surface area contributed by atoms with Crippen molar-refractivity contribution in [3.8, 4) is 0 Å². The second-order valence-corrected chi connectivity index (χ2v) is 4.06. The Labute approximate surface area is 102 Å². The van der Waals surface area contributed by atoms with Gasteiger partial charge in [0, 0.05) is 12.1 Å². The molecule has 0 saturated carbocycles. The Morgan fingerprint density at radius 1 is 1.47 bits per heavy atom. The summed E-state index contributed by atoms with van der Waals surface area (Å²) < 4.78 is 4.82. The molecule has 1 amide bonds. The predicted octanol–water partition coefficient (Wildman–Crippen LogP) is 1.96. The quantitative estimate of drug-likeness (QED) is 0.820. The molecule has 1 atom stereocenters. The molecule has 0 bridgehead atoms. The summed E-state index contributed by atoms with van der Waals surface area (Å²) in [6, 6.07) is 1.77. The Balaban J connectivity index is 0.000000770. The number of nitrogens with zero attached hydrogens (tertiary/aromatic N) is 1. The zero-order valence-electron chi connectivity index (χ0n) is 11.0. The minimum Gasteiger partial charge on any atom is -0.361 e. The molecular weight excluding hydrogens is 220 g/mol. The third kappa shape index (κ3) is 5.85. The van der Waals surface area contributed by atoms with E-state index in [9.17, 15) is 4.79 Å². The number of aryl methyl sites for hydroxylation is 1. The van der Waals surface area contributed by atoms with E-state index in [2.05, 4.69) is 24.3 Å². The minimum absolute atomic E-state index is 0.138. The van der Waals surface area contributed by atoms with Crippen molar-refractivity contribution in [3.05, 3.63) is 17.5 Å². The summed E-state index contributed by atoms with van der Waals surface area (Å²) in [7, 11) is 0. The fourth-order valence-corrected chi connectivity index (χ4v) is 0.921. The first kappa shape index (κ1) is 15.3. The van der Waals surface area contributed by atoms with Crippen LogP contribution in [0.5, 0.6) is 0 Å². The highest BCUT2D eigenvalue weighted by Crippen LogP contribution is 2.04. The van der Waals surface area contributed by atoms with Gasteiger partial charge in [0.2, 0.25) is 0 Å². The highest BCUT2D eigenvalue weighted by atomic mass is 16.5. The van der Waals surface area contributed by atoms with Crippen molar-refractivity contribution < 1.29 is 14.1 Å². The molecule has 1 unspecified atom stereocenters. The predicted molar refractivity (Wildman–Crippen MR) is 64.7 cm³/mol. The Kier molecular flexibility index (Phi) is 6.86. The molecule has 96 valence electrons. The second kappa shape index (κ2) is 7.60. The van der Waals surface area contributed by atoms with Gasteiger partial charge < -0.3 is 14.6 Å². The maximum atomic E-state index is 11.5. The SMILES string of the molecule is CC=O.Cc1cc(C(=O)NC(C)C(C)C)no1. The standard InChI is InChI=1S/C10H16N2O2.C2H4O/c1-6(2)8(4)11-10(13)9-5-7(3)14-12-9;1-2-3/h5-6,8H,1-4H3,(H,11,13);2H,1H3. The number of amides is 1. The van der Waals surface area contributed by atoms with Gasteiger partial charge >= 0.3 is 0 Å². The second-order valence-electron chi connectivity index (χ2n) is 4.06. The lowest BCUT2D eigenvalue weighted by Crippen LogP contribution is -2.36. The molecule has 0 radical (unpaired) electrons. The molecule has 0 aliphatic carbocycles. The van der Waals surface area contributed by atoms with Crippen molar-refractivity contribution in [2.45, 2.75) is 40.7 Å². The Hall–Kier alpha value is -1.65. The van der Waals surface area contributed by atoms with Crippen LogP contribution in [0, 0.1) is 12.8 Å². The summed E-state index contributed by atoms with van der Waals surface area (Å²) in [5.41, 5.74) is 0.343. The van der Waals surface area contributed by atoms with Crippen LogP contribution < -0.4 is 5.32 Å². The molecule has 0 saturated heterocycles. The van der Waals surface area contributed by atoms with Crippen LogP contribution in [0.3, 0.4) is 0 Å². The maximum Gasteiger partial charge on any atom is 0.273 e. The van der Waals surface area contributed by atoms with Crippen LogP contribution in [-0.4, -0.2) is 23.4 Å². The smallest absolute Gasteiger partial charge is 0.273 e. The highest BCUT2D eigenvalue weighted by Gasteiger charge is 2.15. The first-order valence-corrected chi connectivity index (χ1v) is 5.56. The Morgan fingerprint density at radius 3 is 2.35 bits per heavy atom. The molecular formula is C12H20N2O3. The van der Waals surface area contributed by atoms with E-state index in [1.54, 1.807) is 13.0 Å². The zero-order chi connectivity index (χ0) is 13.4. The molecule has 0 fully saturated rings. The number of rotatable bonds is 3. The van der Waals surface area contributed by atoms with Gasteiger partial charge in [-0.15, -0.1) is 0 Å². The summed E-state index contributed by atoms with van der Waals surface area (Å²) in [6.45, 7) is 9.28. The largest absolute Gasteiger partial charge is 0.361 e.